The molecule has 0 heterocycles. The fraction of sp³-hybridized carbons (Fsp3) is 0.700. The number of carbonyl (C=O) groups is 1. The first-order chi connectivity index (χ1) is 5.77. The minimum absolute atomic E-state index is 0.160. The van der Waals surface area contributed by atoms with Crippen LogP contribution in [0.2, 0.25) is 0 Å². The Morgan fingerprint density at radius 3 is 2.58 bits per heavy atom. The number of hydrogen-bond donors (Lipinski definition) is 1. The number of hydrogen-bond acceptors (Lipinski definition) is 1. The molecule has 0 aliphatic heterocycles. The summed E-state index contributed by atoms with van der Waals surface area (Å²) in [6, 6.07) is 0. The van der Waals surface area contributed by atoms with Gasteiger partial charge < -0.3 is 5.11 Å². The molecule has 0 atom stereocenters. The summed E-state index contributed by atoms with van der Waals surface area (Å²) in [4.78, 5) is 10.1. The molecule has 0 unspecified atom stereocenters. The van der Waals surface area contributed by atoms with Crippen LogP contribution in [0.3, 0.4) is 0 Å². The summed E-state index contributed by atoms with van der Waals surface area (Å²) in [6.07, 6.45) is 9.85. The van der Waals surface area contributed by atoms with E-state index in [1.54, 1.807) is 6.08 Å². The molecule has 12 heavy (non-hydrogen) atoms. The molecule has 0 aliphatic carbocycles. The molecule has 0 radical (unpaired) electrons. The van der Waals surface area contributed by atoms with Gasteiger partial charge in [-0.2, -0.15) is 0 Å². The second kappa shape index (κ2) is 8.31. The van der Waals surface area contributed by atoms with E-state index in [2.05, 4.69) is 6.92 Å². The molecule has 1 N–H and O–H groups in total. The number of allylic oxidation sites excluding steroid dienone is 1. The van der Waals surface area contributed by atoms with E-state index in [-0.39, 0.29) is 6.42 Å². The molecule has 0 spiro atoms. The predicted octanol–water partition coefficient (Wildman–Crippen LogP) is 2.99. The van der Waals surface area contributed by atoms with Crippen molar-refractivity contribution in [2.24, 2.45) is 0 Å². The lowest BCUT2D eigenvalue weighted by Crippen LogP contribution is -1.89. The van der Waals surface area contributed by atoms with E-state index in [0.29, 0.717) is 0 Å². The minimum Gasteiger partial charge on any atom is -0.481 e. The summed E-state index contributed by atoms with van der Waals surface area (Å²) in [5, 5.41) is 8.30. The molecule has 0 rings (SSSR count). The van der Waals surface area contributed by atoms with E-state index in [0.717, 1.165) is 6.42 Å². The van der Waals surface area contributed by atoms with Crippen molar-refractivity contribution in [3.8, 4) is 0 Å². The molecule has 0 fully saturated rings. The summed E-state index contributed by atoms with van der Waals surface area (Å²) in [7, 11) is 0. The van der Waals surface area contributed by atoms with Gasteiger partial charge in [-0.05, 0) is 12.8 Å². The SMILES string of the molecule is CCCCCC/C=C\CC(=O)O. The van der Waals surface area contributed by atoms with Crippen molar-refractivity contribution < 1.29 is 9.90 Å². The Morgan fingerprint density at radius 1 is 1.25 bits per heavy atom. The van der Waals surface area contributed by atoms with Gasteiger partial charge in [0.1, 0.15) is 0 Å². The molecule has 0 bridgehead atoms. The Hall–Kier alpha value is -0.790. The van der Waals surface area contributed by atoms with Gasteiger partial charge in [0.05, 0.1) is 6.42 Å². The summed E-state index contributed by atoms with van der Waals surface area (Å²) in [5.74, 6) is -0.750. The molecule has 0 aromatic carbocycles. The zero-order valence-electron chi connectivity index (χ0n) is 7.75. The first-order valence-corrected chi connectivity index (χ1v) is 4.64. The van der Waals surface area contributed by atoms with Gasteiger partial charge in [-0.3, -0.25) is 4.79 Å². The van der Waals surface area contributed by atoms with Crippen LogP contribution in [0.4, 0.5) is 0 Å². The standard InChI is InChI=1S/C10H18O2/c1-2-3-4-5-6-7-8-9-10(11)12/h7-8H,2-6,9H2,1H3,(H,11,12)/b8-7-. The highest BCUT2D eigenvalue weighted by Gasteiger charge is 1.88. The van der Waals surface area contributed by atoms with Crippen LogP contribution in [0.25, 0.3) is 0 Å². The number of aliphatic carboxylic acids is 1. The van der Waals surface area contributed by atoms with E-state index < -0.39 is 5.97 Å². The van der Waals surface area contributed by atoms with E-state index in [4.69, 9.17) is 5.11 Å². The van der Waals surface area contributed by atoms with Crippen LogP contribution in [-0.2, 0) is 4.79 Å². The number of carboxylic acids is 1. The molecular formula is C10H18O2. The van der Waals surface area contributed by atoms with E-state index >= 15 is 0 Å². The molecule has 2 nitrogen and oxygen atoms in total. The summed E-state index contributed by atoms with van der Waals surface area (Å²) in [6.45, 7) is 2.18. The molecule has 2 heteroatoms. The molecule has 0 amide bonds. The number of rotatable bonds is 7. The molecule has 70 valence electrons. The zero-order chi connectivity index (χ0) is 9.23. The molecule has 0 aliphatic rings. The molecule has 0 saturated carbocycles. The summed E-state index contributed by atoms with van der Waals surface area (Å²) in [5.41, 5.74) is 0. The first-order valence-electron chi connectivity index (χ1n) is 4.64. The quantitative estimate of drug-likeness (QED) is 0.471. The van der Waals surface area contributed by atoms with Crippen LogP contribution in [-0.4, -0.2) is 11.1 Å². The van der Waals surface area contributed by atoms with E-state index in [1.807, 2.05) is 6.08 Å². The topological polar surface area (TPSA) is 37.3 Å². The average molecular weight is 170 g/mol. The maximum Gasteiger partial charge on any atom is 0.307 e. The lowest BCUT2D eigenvalue weighted by atomic mass is 10.1. The average Bonchev–Trinajstić information content (AvgIpc) is 2.02. The highest BCUT2D eigenvalue weighted by Crippen LogP contribution is 2.02. The van der Waals surface area contributed by atoms with Gasteiger partial charge in [-0.25, -0.2) is 0 Å². The third kappa shape index (κ3) is 9.21. The van der Waals surface area contributed by atoms with Crippen LogP contribution in [0.15, 0.2) is 12.2 Å². The van der Waals surface area contributed by atoms with Crippen LogP contribution in [0.5, 0.6) is 0 Å². The monoisotopic (exact) mass is 170 g/mol. The smallest absolute Gasteiger partial charge is 0.307 e. The van der Waals surface area contributed by atoms with Gasteiger partial charge in [-0.15, -0.1) is 0 Å². The van der Waals surface area contributed by atoms with Crippen molar-refractivity contribution in [1.82, 2.24) is 0 Å². The van der Waals surface area contributed by atoms with Gasteiger partial charge in [0.15, 0.2) is 0 Å². The highest BCUT2D eigenvalue weighted by molar-refractivity contribution is 5.68. The number of carboxylic acid groups (broad SMARTS) is 1. The van der Waals surface area contributed by atoms with Gasteiger partial charge in [0, 0.05) is 0 Å². The molecule has 0 saturated heterocycles. The highest BCUT2D eigenvalue weighted by atomic mass is 16.4. The van der Waals surface area contributed by atoms with Crippen LogP contribution in [0, 0.1) is 0 Å². The van der Waals surface area contributed by atoms with Gasteiger partial charge >= 0.3 is 5.97 Å². The third-order valence-corrected chi connectivity index (χ3v) is 1.68. The number of unbranched alkanes of at least 4 members (excludes halogenated alkanes) is 4. The maximum atomic E-state index is 10.1. The van der Waals surface area contributed by atoms with Gasteiger partial charge in [0.2, 0.25) is 0 Å². The normalized spacial score (nSPS) is 10.8. The molecule has 0 aromatic heterocycles. The predicted molar refractivity (Wildman–Crippen MR) is 50.2 cm³/mol. The van der Waals surface area contributed by atoms with Crippen molar-refractivity contribution in [1.29, 1.82) is 0 Å². The van der Waals surface area contributed by atoms with Crippen molar-refractivity contribution in [2.45, 2.75) is 45.4 Å². The van der Waals surface area contributed by atoms with Crippen LogP contribution >= 0.6 is 0 Å². The Morgan fingerprint density at radius 2 is 2.00 bits per heavy atom. The van der Waals surface area contributed by atoms with Crippen LogP contribution < -0.4 is 0 Å². The fourth-order valence-corrected chi connectivity index (χ4v) is 0.991. The van der Waals surface area contributed by atoms with Gasteiger partial charge in [-0.1, -0.05) is 38.3 Å². The molecular weight excluding hydrogens is 152 g/mol. The Bertz CT molecular complexity index is 139. The van der Waals surface area contributed by atoms with Crippen molar-refractivity contribution in [3.05, 3.63) is 12.2 Å². The van der Waals surface area contributed by atoms with Gasteiger partial charge in [0.25, 0.3) is 0 Å². The van der Waals surface area contributed by atoms with E-state index in [9.17, 15) is 4.79 Å². The Labute approximate surface area is 74.3 Å². The zero-order valence-corrected chi connectivity index (χ0v) is 7.75. The lowest BCUT2D eigenvalue weighted by Gasteiger charge is -1.93. The third-order valence-electron chi connectivity index (χ3n) is 1.68. The van der Waals surface area contributed by atoms with E-state index in [1.165, 1.54) is 25.7 Å². The summed E-state index contributed by atoms with van der Waals surface area (Å²) >= 11 is 0. The fourth-order valence-electron chi connectivity index (χ4n) is 0.991. The lowest BCUT2D eigenvalue weighted by molar-refractivity contribution is -0.136. The van der Waals surface area contributed by atoms with Crippen LogP contribution in [0.1, 0.15) is 45.4 Å². The molecule has 0 aromatic rings. The second-order valence-corrected chi connectivity index (χ2v) is 2.92. The second-order valence-electron chi connectivity index (χ2n) is 2.92. The van der Waals surface area contributed by atoms with Crippen molar-refractivity contribution in [2.75, 3.05) is 0 Å². The Kier molecular flexibility index (Phi) is 7.76. The van der Waals surface area contributed by atoms with Crippen molar-refractivity contribution >= 4 is 5.97 Å². The largest absolute Gasteiger partial charge is 0.481 e. The minimum atomic E-state index is -0.750. The Balaban J connectivity index is 3.08. The first kappa shape index (κ1) is 11.2. The maximum absolute atomic E-state index is 10.1. The summed E-state index contributed by atoms with van der Waals surface area (Å²) < 4.78 is 0. The van der Waals surface area contributed by atoms with Crippen molar-refractivity contribution in [3.63, 3.8) is 0 Å².